The fourth-order valence-corrected chi connectivity index (χ4v) is 5.16. The third-order valence-electron chi connectivity index (χ3n) is 6.75. The van der Waals surface area contributed by atoms with Crippen molar-refractivity contribution in [3.05, 3.63) is 83.3 Å². The Morgan fingerprint density at radius 1 is 1.08 bits per heavy atom. The van der Waals surface area contributed by atoms with Crippen LogP contribution >= 0.6 is 0 Å². The fourth-order valence-electron chi connectivity index (χ4n) is 5.16. The highest BCUT2D eigenvalue weighted by Gasteiger charge is 2.44. The second kappa shape index (κ2) is 8.82. The molecule has 2 aliphatic rings. The van der Waals surface area contributed by atoms with E-state index in [9.17, 15) is 19.5 Å². The van der Waals surface area contributed by atoms with E-state index in [1.54, 1.807) is 36.1 Å². The summed E-state index contributed by atoms with van der Waals surface area (Å²) < 4.78 is 6.27. The van der Waals surface area contributed by atoms with Crippen LogP contribution in [0.25, 0.3) is 11.3 Å². The Hall–Kier alpha value is -4.13. The molecule has 0 spiro atoms. The predicted octanol–water partition coefficient (Wildman–Crippen LogP) is 4.86. The first kappa shape index (κ1) is 23.6. The van der Waals surface area contributed by atoms with Crippen molar-refractivity contribution >= 4 is 29.0 Å². The van der Waals surface area contributed by atoms with E-state index in [0.29, 0.717) is 41.2 Å². The molecule has 7 heteroatoms. The number of hydrogen-bond acceptors (Lipinski definition) is 6. The molecule has 0 bridgehead atoms. The zero-order valence-corrected chi connectivity index (χ0v) is 20.5. The van der Waals surface area contributed by atoms with Crippen LogP contribution in [0, 0.1) is 5.41 Å². The van der Waals surface area contributed by atoms with Gasteiger partial charge in [0.15, 0.2) is 5.78 Å². The van der Waals surface area contributed by atoms with E-state index in [2.05, 4.69) is 19.2 Å². The minimum atomic E-state index is -1.28. The molecule has 2 aromatic carbocycles. The van der Waals surface area contributed by atoms with Gasteiger partial charge in [-0.05, 0) is 47.7 Å². The van der Waals surface area contributed by atoms with Crippen molar-refractivity contribution in [1.82, 2.24) is 0 Å². The van der Waals surface area contributed by atoms with Crippen LogP contribution in [-0.4, -0.2) is 17.7 Å². The molecule has 7 nitrogen and oxygen atoms in total. The summed E-state index contributed by atoms with van der Waals surface area (Å²) in [6, 6.07) is 16.6. The van der Waals surface area contributed by atoms with Crippen molar-refractivity contribution in [2.45, 2.75) is 46.1 Å². The Morgan fingerprint density at radius 3 is 2.61 bits per heavy atom. The van der Waals surface area contributed by atoms with E-state index in [1.165, 1.54) is 12.1 Å². The highest BCUT2D eigenvalue weighted by atomic mass is 16.4. The largest absolute Gasteiger partial charge is 0.545 e. The highest BCUT2D eigenvalue weighted by Crippen LogP contribution is 2.49. The number of carbonyl (C=O) groups excluding carboxylic acids is 3. The average Bonchev–Trinajstić information content (AvgIpc) is 3.27. The van der Waals surface area contributed by atoms with Gasteiger partial charge < -0.3 is 19.6 Å². The molecule has 0 saturated carbocycles. The number of hydrogen-bond donors (Lipinski definition) is 1. The second-order valence-corrected chi connectivity index (χ2v) is 10.1. The lowest BCUT2D eigenvalue weighted by Gasteiger charge is -2.36. The van der Waals surface area contributed by atoms with Crippen LogP contribution in [0.5, 0.6) is 0 Å². The summed E-state index contributed by atoms with van der Waals surface area (Å²) in [5.41, 5.74) is 3.11. The van der Waals surface area contributed by atoms with Crippen LogP contribution in [-0.2, 0) is 9.59 Å². The van der Waals surface area contributed by atoms with Crippen molar-refractivity contribution < 1.29 is 23.9 Å². The normalized spacial score (nSPS) is 18.7. The van der Waals surface area contributed by atoms with Gasteiger partial charge in [0, 0.05) is 29.7 Å². The minimum absolute atomic E-state index is 0.0302. The number of furan rings is 1. The monoisotopic (exact) mass is 483 g/mol. The first-order valence-corrected chi connectivity index (χ1v) is 12.0. The third kappa shape index (κ3) is 4.11. The van der Waals surface area contributed by atoms with Gasteiger partial charge in [0.2, 0.25) is 5.91 Å². The Kier molecular flexibility index (Phi) is 5.79. The van der Waals surface area contributed by atoms with Crippen LogP contribution < -0.4 is 15.3 Å². The Balaban J connectivity index is 1.71. The number of fused-ring (bicyclic) bond motifs is 1. The number of carbonyl (C=O) groups is 3. The van der Waals surface area contributed by atoms with Gasteiger partial charge in [-0.3, -0.25) is 14.5 Å². The molecular formula is C29H27N2O5-. The molecule has 36 heavy (non-hydrogen) atoms. The van der Waals surface area contributed by atoms with Gasteiger partial charge in [-0.1, -0.05) is 51.1 Å². The van der Waals surface area contributed by atoms with E-state index in [4.69, 9.17) is 4.42 Å². The number of benzene rings is 2. The highest BCUT2D eigenvalue weighted by molar-refractivity contribution is 6.06. The summed E-state index contributed by atoms with van der Waals surface area (Å²) in [5.74, 6) is -0.576. The van der Waals surface area contributed by atoms with Crippen LogP contribution in [0.3, 0.4) is 0 Å². The molecule has 0 fully saturated rings. The molecule has 1 aliphatic heterocycles. The number of rotatable bonds is 4. The fraction of sp³-hybridized carbons (Fsp3) is 0.276. The standard InChI is InChI=1S/C29H28N2O5/c1-4-25(33)31-21-11-6-5-10-19(21)30-20-15-29(2,3)16-22(32)26(20)27(31)24-13-12-23(36-24)17-8-7-9-18(14-17)28(34)35/h5-14,27,30H,4,15-16H2,1-3H3,(H,34,35)/p-1/t27-/m1/s1. The van der Waals surface area contributed by atoms with Gasteiger partial charge in [0.05, 0.1) is 17.3 Å². The lowest BCUT2D eigenvalue weighted by Crippen LogP contribution is -2.39. The molecule has 5 rings (SSSR count). The van der Waals surface area contributed by atoms with Crippen molar-refractivity contribution in [3.8, 4) is 11.3 Å². The number of allylic oxidation sites excluding steroid dienone is 1. The number of ketones is 1. The Labute approximate surface area is 209 Å². The van der Waals surface area contributed by atoms with Gasteiger partial charge in [-0.15, -0.1) is 0 Å². The molecule has 1 aromatic heterocycles. The maximum atomic E-state index is 13.6. The summed E-state index contributed by atoms with van der Waals surface area (Å²) in [4.78, 5) is 40.1. The van der Waals surface area contributed by atoms with Gasteiger partial charge in [-0.25, -0.2) is 0 Å². The number of aromatic carboxylic acids is 1. The number of Topliss-reactive ketones (excluding diaryl/α,β-unsaturated/α-hetero) is 1. The first-order chi connectivity index (χ1) is 17.2. The third-order valence-corrected chi connectivity index (χ3v) is 6.75. The summed E-state index contributed by atoms with van der Waals surface area (Å²) in [5, 5.41) is 14.8. The molecule has 2 heterocycles. The summed E-state index contributed by atoms with van der Waals surface area (Å²) in [7, 11) is 0. The maximum absolute atomic E-state index is 13.6. The number of anilines is 2. The number of carboxylic acid groups (broad SMARTS) is 1. The molecule has 0 radical (unpaired) electrons. The molecule has 1 N–H and O–H groups in total. The van der Waals surface area contributed by atoms with Crippen molar-refractivity contribution in [3.63, 3.8) is 0 Å². The van der Waals surface area contributed by atoms with E-state index in [-0.39, 0.29) is 29.1 Å². The quantitative estimate of drug-likeness (QED) is 0.568. The van der Waals surface area contributed by atoms with E-state index >= 15 is 0 Å². The van der Waals surface area contributed by atoms with Crippen molar-refractivity contribution in [1.29, 1.82) is 0 Å². The topological polar surface area (TPSA) is 103 Å². The molecule has 3 aromatic rings. The van der Waals surface area contributed by atoms with Crippen LogP contribution in [0.2, 0.25) is 0 Å². The number of para-hydroxylation sites is 2. The van der Waals surface area contributed by atoms with Gasteiger partial charge in [0.25, 0.3) is 0 Å². The van der Waals surface area contributed by atoms with Gasteiger partial charge >= 0.3 is 0 Å². The van der Waals surface area contributed by atoms with Crippen LogP contribution in [0.15, 0.2) is 76.4 Å². The lowest BCUT2D eigenvalue weighted by atomic mass is 9.74. The maximum Gasteiger partial charge on any atom is 0.227 e. The summed E-state index contributed by atoms with van der Waals surface area (Å²) in [6.07, 6.45) is 1.25. The second-order valence-electron chi connectivity index (χ2n) is 10.1. The van der Waals surface area contributed by atoms with E-state index in [1.807, 2.05) is 24.3 Å². The number of nitrogens with one attached hydrogen (secondary N) is 1. The zero-order valence-electron chi connectivity index (χ0n) is 20.5. The molecule has 0 unspecified atom stereocenters. The van der Waals surface area contributed by atoms with E-state index < -0.39 is 12.0 Å². The summed E-state index contributed by atoms with van der Waals surface area (Å²) in [6.45, 7) is 5.92. The van der Waals surface area contributed by atoms with E-state index in [0.717, 1.165) is 11.4 Å². The lowest BCUT2D eigenvalue weighted by molar-refractivity contribution is -0.255. The molecule has 0 saturated heterocycles. The molecule has 1 amide bonds. The molecule has 1 aliphatic carbocycles. The molecule has 1 atom stereocenters. The average molecular weight is 484 g/mol. The van der Waals surface area contributed by atoms with Crippen molar-refractivity contribution in [2.75, 3.05) is 10.2 Å². The van der Waals surface area contributed by atoms with Crippen LogP contribution in [0.4, 0.5) is 11.4 Å². The van der Waals surface area contributed by atoms with Crippen molar-refractivity contribution in [2.24, 2.45) is 5.41 Å². The number of carboxylic acids is 1. The molecule has 184 valence electrons. The van der Waals surface area contributed by atoms with Gasteiger partial charge in [0.1, 0.15) is 17.6 Å². The molecular weight excluding hydrogens is 456 g/mol. The first-order valence-electron chi connectivity index (χ1n) is 12.0. The number of amides is 1. The SMILES string of the molecule is CCC(=O)N1c2ccccc2NC2=C(C(=O)CC(C)(C)C2)[C@H]1c1ccc(-c2cccc(C(=O)[O-])c2)o1. The predicted molar refractivity (Wildman–Crippen MR) is 134 cm³/mol. The Bertz CT molecular complexity index is 1410. The number of nitrogens with zero attached hydrogens (tertiary/aromatic N) is 1. The van der Waals surface area contributed by atoms with Gasteiger partial charge in [-0.2, -0.15) is 0 Å². The van der Waals surface area contributed by atoms with Crippen LogP contribution in [0.1, 0.15) is 62.2 Å². The minimum Gasteiger partial charge on any atom is -0.545 e. The Morgan fingerprint density at radius 2 is 1.86 bits per heavy atom. The zero-order chi connectivity index (χ0) is 25.6. The smallest absolute Gasteiger partial charge is 0.227 e. The summed E-state index contributed by atoms with van der Waals surface area (Å²) >= 11 is 0.